The third kappa shape index (κ3) is 4.56. The molecule has 0 aromatic heterocycles. The molecule has 7 nitrogen and oxygen atoms in total. The van der Waals surface area contributed by atoms with Crippen molar-refractivity contribution in [3.05, 3.63) is 111 Å². The number of nitro benzene ring substituents is 1. The number of nitrogens with zero attached hydrogens (tertiary/aromatic N) is 1. The predicted octanol–water partition coefficient (Wildman–Crippen LogP) is 4.83. The van der Waals surface area contributed by atoms with Crippen molar-refractivity contribution < 1.29 is 24.0 Å². The minimum atomic E-state index is -0.560. The van der Waals surface area contributed by atoms with E-state index in [0.29, 0.717) is 11.1 Å². The van der Waals surface area contributed by atoms with Crippen LogP contribution in [0.1, 0.15) is 21.5 Å². The summed E-state index contributed by atoms with van der Waals surface area (Å²) in [5.41, 5.74) is 1.74. The normalized spacial score (nSPS) is 13.8. The van der Waals surface area contributed by atoms with Crippen molar-refractivity contribution in [2.75, 3.05) is 0 Å². The average molecular weight is 413 g/mol. The van der Waals surface area contributed by atoms with E-state index in [0.717, 1.165) is 5.56 Å². The van der Waals surface area contributed by atoms with E-state index in [1.54, 1.807) is 6.08 Å². The predicted molar refractivity (Wildman–Crippen MR) is 114 cm³/mol. The summed E-state index contributed by atoms with van der Waals surface area (Å²) in [7, 11) is 0. The van der Waals surface area contributed by atoms with Crippen LogP contribution >= 0.6 is 0 Å². The largest absolute Gasteiger partial charge is 0.452 e. The van der Waals surface area contributed by atoms with Crippen molar-refractivity contribution >= 4 is 29.6 Å². The fourth-order valence-electron chi connectivity index (χ4n) is 2.95. The van der Waals surface area contributed by atoms with E-state index < -0.39 is 10.9 Å². The van der Waals surface area contributed by atoms with Crippen molar-refractivity contribution in [1.82, 2.24) is 0 Å². The molecule has 0 N–H and O–H groups in total. The number of allylic oxidation sites excluding steroid dienone is 1. The van der Waals surface area contributed by atoms with E-state index in [1.807, 2.05) is 30.3 Å². The Morgan fingerprint density at radius 1 is 0.968 bits per heavy atom. The van der Waals surface area contributed by atoms with Gasteiger partial charge in [0.15, 0.2) is 5.76 Å². The van der Waals surface area contributed by atoms with E-state index in [-0.39, 0.29) is 28.7 Å². The van der Waals surface area contributed by atoms with Crippen LogP contribution < -0.4 is 9.47 Å². The van der Waals surface area contributed by atoms with Crippen molar-refractivity contribution in [1.29, 1.82) is 0 Å². The fourth-order valence-corrected chi connectivity index (χ4v) is 2.95. The van der Waals surface area contributed by atoms with Crippen molar-refractivity contribution in [3.8, 4) is 11.5 Å². The number of ether oxygens (including phenoxy) is 2. The highest BCUT2D eigenvalue weighted by molar-refractivity contribution is 6.14. The summed E-state index contributed by atoms with van der Waals surface area (Å²) < 4.78 is 10.9. The zero-order valence-corrected chi connectivity index (χ0v) is 16.1. The van der Waals surface area contributed by atoms with Crippen LogP contribution in [0.2, 0.25) is 0 Å². The Bertz CT molecular complexity index is 1230. The summed E-state index contributed by atoms with van der Waals surface area (Å²) in [4.78, 5) is 34.9. The Kier molecular flexibility index (Phi) is 5.40. The summed E-state index contributed by atoms with van der Waals surface area (Å²) in [5, 5.41) is 10.8. The lowest BCUT2D eigenvalue weighted by molar-refractivity contribution is -0.384. The summed E-state index contributed by atoms with van der Waals surface area (Å²) in [6.45, 7) is 0. The van der Waals surface area contributed by atoms with Gasteiger partial charge in [-0.25, -0.2) is 4.79 Å². The Morgan fingerprint density at radius 2 is 1.71 bits per heavy atom. The van der Waals surface area contributed by atoms with Crippen LogP contribution in [0.4, 0.5) is 5.69 Å². The van der Waals surface area contributed by atoms with Gasteiger partial charge in [-0.05, 0) is 47.5 Å². The Balaban J connectivity index is 1.47. The van der Waals surface area contributed by atoms with Crippen LogP contribution in [0, 0.1) is 10.1 Å². The molecular formula is C24H15NO6. The second kappa shape index (κ2) is 8.46. The molecule has 7 heteroatoms. The van der Waals surface area contributed by atoms with Gasteiger partial charge in [0.2, 0.25) is 5.78 Å². The number of carbonyl (C=O) groups is 2. The van der Waals surface area contributed by atoms with Crippen molar-refractivity contribution in [2.24, 2.45) is 0 Å². The molecule has 31 heavy (non-hydrogen) atoms. The van der Waals surface area contributed by atoms with Gasteiger partial charge in [-0.15, -0.1) is 0 Å². The van der Waals surface area contributed by atoms with Crippen LogP contribution in [0.5, 0.6) is 11.5 Å². The van der Waals surface area contributed by atoms with Gasteiger partial charge in [0, 0.05) is 24.3 Å². The Labute approximate surface area is 177 Å². The number of nitro groups is 1. The molecule has 0 atom stereocenters. The highest BCUT2D eigenvalue weighted by atomic mass is 16.6. The summed E-state index contributed by atoms with van der Waals surface area (Å²) in [6.07, 6.45) is 4.45. The lowest BCUT2D eigenvalue weighted by atomic mass is 10.1. The molecule has 0 saturated carbocycles. The molecule has 0 unspecified atom stereocenters. The molecule has 3 aromatic rings. The van der Waals surface area contributed by atoms with Crippen LogP contribution in [-0.2, 0) is 4.79 Å². The maximum absolute atomic E-state index is 12.5. The summed E-state index contributed by atoms with van der Waals surface area (Å²) >= 11 is 0. The molecule has 0 spiro atoms. The Hall–Kier alpha value is -4.52. The van der Waals surface area contributed by atoms with Gasteiger partial charge in [-0.2, -0.15) is 0 Å². The third-order valence-electron chi connectivity index (χ3n) is 4.47. The van der Waals surface area contributed by atoms with Gasteiger partial charge in [0.1, 0.15) is 11.5 Å². The maximum atomic E-state index is 12.5. The zero-order valence-electron chi connectivity index (χ0n) is 16.1. The molecule has 0 aliphatic carbocycles. The molecule has 0 bridgehead atoms. The number of carbonyl (C=O) groups excluding carboxylic acids is 2. The molecule has 4 rings (SSSR count). The van der Waals surface area contributed by atoms with Crippen LogP contribution in [0.25, 0.3) is 12.2 Å². The van der Waals surface area contributed by atoms with E-state index >= 15 is 0 Å². The van der Waals surface area contributed by atoms with E-state index in [9.17, 15) is 19.7 Å². The molecule has 1 heterocycles. The van der Waals surface area contributed by atoms with Gasteiger partial charge in [0.25, 0.3) is 5.69 Å². The van der Waals surface area contributed by atoms with Crippen molar-refractivity contribution in [2.45, 2.75) is 0 Å². The second-order valence-electron chi connectivity index (χ2n) is 6.61. The number of hydrogen-bond acceptors (Lipinski definition) is 6. The topological polar surface area (TPSA) is 95.7 Å². The molecule has 0 radical (unpaired) electrons. The minimum absolute atomic E-state index is 0.0446. The maximum Gasteiger partial charge on any atom is 0.336 e. The number of fused-ring (bicyclic) bond motifs is 1. The minimum Gasteiger partial charge on any atom is -0.452 e. The smallest absolute Gasteiger partial charge is 0.336 e. The van der Waals surface area contributed by atoms with Gasteiger partial charge in [-0.3, -0.25) is 14.9 Å². The second-order valence-corrected chi connectivity index (χ2v) is 6.61. The number of hydrogen-bond donors (Lipinski definition) is 0. The molecule has 0 fully saturated rings. The van der Waals surface area contributed by atoms with Crippen LogP contribution in [0.15, 0.2) is 84.6 Å². The molecule has 1 aliphatic rings. The van der Waals surface area contributed by atoms with Gasteiger partial charge in [-0.1, -0.05) is 30.3 Å². The lowest BCUT2D eigenvalue weighted by Gasteiger charge is -2.03. The van der Waals surface area contributed by atoms with E-state index in [4.69, 9.17) is 9.47 Å². The fraction of sp³-hybridized carbons (Fsp3) is 0. The SMILES string of the molecule is O=C(/C=C/c1ccccc1)Oc1ccc2c(c1)O/C(=C/c1ccc([N+](=O)[O-])cc1)C2=O. The highest BCUT2D eigenvalue weighted by Gasteiger charge is 2.28. The third-order valence-corrected chi connectivity index (χ3v) is 4.47. The lowest BCUT2D eigenvalue weighted by Crippen LogP contribution is -2.03. The van der Waals surface area contributed by atoms with Gasteiger partial charge in [0.05, 0.1) is 10.5 Å². The van der Waals surface area contributed by atoms with Crippen LogP contribution in [0.3, 0.4) is 0 Å². The first kappa shape index (κ1) is 19.8. The molecule has 152 valence electrons. The van der Waals surface area contributed by atoms with E-state index in [2.05, 4.69) is 0 Å². The quantitative estimate of drug-likeness (QED) is 0.195. The molecular weight excluding hydrogens is 398 g/mol. The first-order chi connectivity index (χ1) is 15.0. The zero-order chi connectivity index (χ0) is 21.8. The number of ketones is 1. The number of non-ortho nitro benzene ring substituents is 1. The number of rotatable bonds is 5. The van der Waals surface area contributed by atoms with Crippen molar-refractivity contribution in [3.63, 3.8) is 0 Å². The van der Waals surface area contributed by atoms with Gasteiger partial charge >= 0.3 is 5.97 Å². The summed E-state index contributed by atoms with van der Waals surface area (Å²) in [6, 6.07) is 19.6. The number of Topliss-reactive ketones (excluding diaryl/α,β-unsaturated/α-hetero) is 1. The van der Waals surface area contributed by atoms with Crippen LogP contribution in [-0.4, -0.2) is 16.7 Å². The first-order valence-electron chi connectivity index (χ1n) is 9.27. The first-order valence-corrected chi connectivity index (χ1v) is 9.27. The molecule has 0 saturated heterocycles. The number of benzene rings is 3. The monoisotopic (exact) mass is 413 g/mol. The average Bonchev–Trinajstić information content (AvgIpc) is 3.08. The van der Waals surface area contributed by atoms with E-state index in [1.165, 1.54) is 54.6 Å². The standard InChI is InChI=1S/C24H15NO6/c26-23(13-8-16-4-2-1-3-5-16)30-19-11-12-20-21(15-19)31-22(24(20)27)14-17-6-9-18(10-7-17)25(28)29/h1-15H/b13-8+,22-14+. The Morgan fingerprint density at radius 3 is 2.42 bits per heavy atom. The highest BCUT2D eigenvalue weighted by Crippen LogP contribution is 2.35. The molecule has 1 aliphatic heterocycles. The molecule has 0 amide bonds. The van der Waals surface area contributed by atoms with Gasteiger partial charge < -0.3 is 9.47 Å². The number of esters is 1. The molecule has 3 aromatic carbocycles. The summed E-state index contributed by atoms with van der Waals surface area (Å²) in [5.74, 6) is -0.289.